The predicted octanol–water partition coefficient (Wildman–Crippen LogP) is 12.7. The quantitative estimate of drug-likeness (QED) is 0.168. The number of nitrogens with zero attached hydrogens (tertiary/aromatic N) is 4. The molecule has 7 heteroatoms. The summed E-state index contributed by atoms with van der Waals surface area (Å²) in [6, 6.07) is 57.4. The lowest BCUT2D eigenvalue weighted by Crippen LogP contribution is -2.24. The third-order valence-corrected chi connectivity index (χ3v) is 13.7. The molecule has 1 aliphatic carbocycles. The second kappa shape index (κ2) is 13.8. The topological polar surface area (TPSA) is 64.7 Å². The Bertz CT molecular complexity index is 3500. The predicted molar refractivity (Wildman–Crippen MR) is 245 cm³/mol. The van der Waals surface area contributed by atoms with E-state index in [0.717, 1.165) is 51.2 Å². The summed E-state index contributed by atoms with van der Waals surface area (Å²) in [6.45, 7) is 0. The van der Waals surface area contributed by atoms with Gasteiger partial charge in [-0.2, -0.15) is 0 Å². The Morgan fingerprint density at radius 2 is 1.17 bits per heavy atom. The van der Waals surface area contributed by atoms with Gasteiger partial charge in [-0.05, 0) is 81.7 Å². The highest BCUT2D eigenvalue weighted by atomic mass is 32.1. The minimum absolute atomic E-state index is 0.0504. The monoisotopic (exact) mass is 792 g/mol. The number of fused-ring (bicyclic) bond motifs is 7. The number of rotatable bonds is 6. The lowest BCUT2D eigenvalue weighted by Gasteiger charge is -2.14. The van der Waals surface area contributed by atoms with E-state index in [1.807, 2.05) is 65.1 Å². The minimum Gasteiger partial charge on any atom is -0.436 e. The SMILES string of the molecule is C1=c2sc3ccccc3c2=CC(c2nc(-c3ccccc3)nc(-c3ccc(-c4cccc5c4sc4ccc(-c6ccc(-c7nc8ccccc8o7)cc6)cc45)cc3)n2)C1. The molecular weight excluding hydrogens is 761 g/mol. The summed E-state index contributed by atoms with van der Waals surface area (Å²) < 4.78 is 11.2. The molecule has 11 aromatic rings. The first-order chi connectivity index (χ1) is 29.2. The first-order valence-corrected chi connectivity index (χ1v) is 21.4. The average molecular weight is 793 g/mol. The van der Waals surface area contributed by atoms with Crippen LogP contribution in [0.2, 0.25) is 0 Å². The molecule has 0 radical (unpaired) electrons. The van der Waals surface area contributed by atoms with Crippen LogP contribution >= 0.6 is 22.7 Å². The number of para-hydroxylation sites is 2. The Kier molecular flexibility index (Phi) is 7.96. The molecule has 278 valence electrons. The van der Waals surface area contributed by atoms with Crippen molar-refractivity contribution >= 4 is 76.2 Å². The minimum atomic E-state index is 0.0504. The van der Waals surface area contributed by atoms with Crippen LogP contribution in [0.3, 0.4) is 0 Å². The Morgan fingerprint density at radius 1 is 0.492 bits per heavy atom. The van der Waals surface area contributed by atoms with Crippen molar-refractivity contribution < 1.29 is 4.42 Å². The maximum absolute atomic E-state index is 6.02. The fraction of sp³-hybridized carbons (Fsp3) is 0.0385. The van der Waals surface area contributed by atoms with E-state index in [4.69, 9.17) is 19.4 Å². The molecule has 5 nitrogen and oxygen atoms in total. The van der Waals surface area contributed by atoms with Crippen LogP contribution in [-0.4, -0.2) is 19.9 Å². The largest absolute Gasteiger partial charge is 0.436 e. The Morgan fingerprint density at radius 3 is 2.02 bits per heavy atom. The maximum Gasteiger partial charge on any atom is 0.227 e. The van der Waals surface area contributed by atoms with Crippen LogP contribution in [-0.2, 0) is 0 Å². The summed E-state index contributed by atoms with van der Waals surface area (Å²) in [5.74, 6) is 2.86. The van der Waals surface area contributed by atoms with E-state index in [1.54, 1.807) is 0 Å². The van der Waals surface area contributed by atoms with E-state index in [9.17, 15) is 0 Å². The molecule has 0 saturated heterocycles. The molecule has 1 atom stereocenters. The number of hydrogen-bond donors (Lipinski definition) is 0. The van der Waals surface area contributed by atoms with Crippen LogP contribution in [0, 0.1) is 0 Å². The fourth-order valence-electron chi connectivity index (χ4n) is 8.30. The Hall–Kier alpha value is -7.06. The normalized spacial score (nSPS) is 13.8. The van der Waals surface area contributed by atoms with Gasteiger partial charge in [0.25, 0.3) is 0 Å². The molecule has 0 bridgehead atoms. The zero-order valence-electron chi connectivity index (χ0n) is 31.5. The second-order valence-electron chi connectivity index (χ2n) is 14.9. The van der Waals surface area contributed by atoms with E-state index in [0.29, 0.717) is 17.5 Å². The number of aromatic nitrogens is 4. The van der Waals surface area contributed by atoms with Crippen LogP contribution in [0.4, 0.5) is 0 Å². The summed E-state index contributed by atoms with van der Waals surface area (Å²) >= 11 is 3.70. The van der Waals surface area contributed by atoms with Crippen molar-refractivity contribution in [2.45, 2.75) is 12.3 Å². The second-order valence-corrected chi connectivity index (χ2v) is 17.1. The first-order valence-electron chi connectivity index (χ1n) is 19.7. The van der Waals surface area contributed by atoms with Gasteiger partial charge in [-0.15, -0.1) is 22.7 Å². The van der Waals surface area contributed by atoms with Gasteiger partial charge in [0.05, 0.1) is 0 Å². The molecular formula is C52H32N4OS2. The highest BCUT2D eigenvalue weighted by Crippen LogP contribution is 2.42. The zero-order valence-corrected chi connectivity index (χ0v) is 33.2. The highest BCUT2D eigenvalue weighted by Gasteiger charge is 2.20. The van der Waals surface area contributed by atoms with E-state index in [-0.39, 0.29) is 5.92 Å². The summed E-state index contributed by atoms with van der Waals surface area (Å²) in [6.07, 6.45) is 5.56. The molecule has 4 aromatic heterocycles. The van der Waals surface area contributed by atoms with Crippen LogP contribution in [0.1, 0.15) is 18.2 Å². The van der Waals surface area contributed by atoms with E-state index >= 15 is 0 Å². The molecule has 1 unspecified atom stereocenters. The Balaban J connectivity index is 0.880. The van der Waals surface area contributed by atoms with Crippen molar-refractivity contribution in [2.24, 2.45) is 0 Å². The average Bonchev–Trinajstić information content (AvgIpc) is 4.02. The third kappa shape index (κ3) is 5.97. The van der Waals surface area contributed by atoms with Crippen LogP contribution in [0.15, 0.2) is 168 Å². The van der Waals surface area contributed by atoms with Crippen LogP contribution < -0.4 is 9.75 Å². The van der Waals surface area contributed by atoms with Gasteiger partial charge in [-0.25, -0.2) is 19.9 Å². The molecule has 1 aliphatic rings. The number of benzene rings is 7. The molecule has 0 spiro atoms. The molecule has 0 saturated carbocycles. The molecule has 59 heavy (non-hydrogen) atoms. The van der Waals surface area contributed by atoms with Gasteiger partial charge >= 0.3 is 0 Å². The van der Waals surface area contributed by atoms with Gasteiger partial charge in [0, 0.05) is 52.0 Å². The third-order valence-electron chi connectivity index (χ3n) is 11.3. The smallest absolute Gasteiger partial charge is 0.227 e. The van der Waals surface area contributed by atoms with Gasteiger partial charge in [0.2, 0.25) is 5.89 Å². The summed E-state index contributed by atoms with van der Waals surface area (Å²) in [4.78, 5) is 20.0. The maximum atomic E-state index is 6.02. The van der Waals surface area contributed by atoms with Crippen LogP contribution in [0.5, 0.6) is 0 Å². The van der Waals surface area contributed by atoms with Crippen molar-refractivity contribution in [2.75, 3.05) is 0 Å². The van der Waals surface area contributed by atoms with Gasteiger partial charge in [0.15, 0.2) is 17.2 Å². The van der Waals surface area contributed by atoms with Crippen molar-refractivity contribution in [1.82, 2.24) is 19.9 Å². The number of hydrogen-bond acceptors (Lipinski definition) is 7. The highest BCUT2D eigenvalue weighted by molar-refractivity contribution is 7.26. The molecule has 7 aromatic carbocycles. The van der Waals surface area contributed by atoms with E-state index in [2.05, 4.69) is 138 Å². The molecule has 0 aliphatic heterocycles. The molecule has 12 rings (SSSR count). The zero-order chi connectivity index (χ0) is 38.9. The van der Waals surface area contributed by atoms with Gasteiger partial charge in [0.1, 0.15) is 11.3 Å². The number of oxazole rings is 1. The van der Waals surface area contributed by atoms with Gasteiger partial charge < -0.3 is 4.42 Å². The fourth-order valence-corrected chi connectivity index (χ4v) is 10.7. The summed E-state index contributed by atoms with van der Waals surface area (Å²) in [5, 5.41) is 5.09. The van der Waals surface area contributed by atoms with Crippen molar-refractivity contribution in [1.29, 1.82) is 0 Å². The van der Waals surface area contributed by atoms with Crippen molar-refractivity contribution in [3.05, 3.63) is 179 Å². The molecule has 0 amide bonds. The van der Waals surface area contributed by atoms with Crippen molar-refractivity contribution in [3.63, 3.8) is 0 Å². The number of thiophene rings is 2. The molecule has 0 N–H and O–H groups in total. The lowest BCUT2D eigenvalue weighted by atomic mass is 9.98. The standard InChI is InChI=1S/C52H32N4OS2/c1-2-9-33(10-3-1)49-54-50(56-51(55-49)37-26-28-46-41(30-37)39-11-4-7-16-45(39)58-46)34-21-19-32(20-22-34)38-12-8-13-40-42-29-36(25-27-47(42)59-48(38)40)31-17-23-35(24-18-31)52-53-43-14-5-6-15-44(43)57-52/h1-25,27-30,37H,26H2. The molecule has 4 heterocycles. The van der Waals surface area contributed by atoms with Gasteiger partial charge in [-0.1, -0.05) is 133 Å². The molecule has 0 fully saturated rings. The Labute approximate surface area is 347 Å². The van der Waals surface area contributed by atoms with E-state index in [1.165, 1.54) is 51.1 Å². The summed E-state index contributed by atoms with van der Waals surface area (Å²) in [7, 11) is 0. The summed E-state index contributed by atoms with van der Waals surface area (Å²) in [5.41, 5.74) is 9.27. The van der Waals surface area contributed by atoms with Gasteiger partial charge in [-0.3, -0.25) is 0 Å². The van der Waals surface area contributed by atoms with E-state index < -0.39 is 0 Å². The lowest BCUT2D eigenvalue weighted by molar-refractivity contribution is 0.620. The van der Waals surface area contributed by atoms with Crippen LogP contribution in [0.25, 0.3) is 110 Å². The first kappa shape index (κ1) is 34.0. The van der Waals surface area contributed by atoms with Crippen molar-refractivity contribution in [3.8, 4) is 56.5 Å².